The molecule has 0 atom stereocenters. The summed E-state index contributed by atoms with van der Waals surface area (Å²) < 4.78 is 78.1. The summed E-state index contributed by atoms with van der Waals surface area (Å²) >= 11 is 0. The highest BCUT2D eigenvalue weighted by molar-refractivity contribution is 7.93. The number of halogens is 3. The van der Waals surface area contributed by atoms with Crippen molar-refractivity contribution in [1.82, 2.24) is 19.7 Å². The number of aryl methyl sites for hydroxylation is 1. The molecule has 2 aromatic carbocycles. The lowest BCUT2D eigenvalue weighted by Crippen LogP contribution is -2.38. The molecule has 10 nitrogen and oxygen atoms in total. The Kier molecular flexibility index (Phi) is 7.85. The van der Waals surface area contributed by atoms with E-state index in [0.717, 1.165) is 6.07 Å². The molecule has 0 saturated heterocycles. The fraction of sp³-hybridized carbons (Fsp3) is 0.200. The second kappa shape index (κ2) is 11.1. The number of aromatic nitrogens is 4. The predicted molar refractivity (Wildman–Crippen MR) is 136 cm³/mol. The Morgan fingerprint density at radius 1 is 1.10 bits per heavy atom. The summed E-state index contributed by atoms with van der Waals surface area (Å²) in [4.78, 5) is 19.8. The van der Waals surface area contributed by atoms with Gasteiger partial charge in [-0.2, -0.15) is 9.40 Å². The molecule has 4 aromatic rings. The molecule has 0 bridgehead atoms. The summed E-state index contributed by atoms with van der Waals surface area (Å²) in [5.74, 6) is -3.64. The number of rotatable bonds is 8. The van der Waals surface area contributed by atoms with Gasteiger partial charge in [-0.3, -0.25) is 4.68 Å². The SMILES string of the molecule is CCCOC(=O)N(c1cccc(-c2nn(CC)cc2-c2ccnc(N)n2)c1F)S(=O)(=O)c1cc(F)ccc1F. The van der Waals surface area contributed by atoms with Crippen LogP contribution in [0.25, 0.3) is 22.5 Å². The van der Waals surface area contributed by atoms with Crippen molar-refractivity contribution in [2.45, 2.75) is 31.7 Å². The average molecular weight is 561 g/mol. The molecule has 39 heavy (non-hydrogen) atoms. The summed E-state index contributed by atoms with van der Waals surface area (Å²) in [5.41, 5.74) is 5.46. The van der Waals surface area contributed by atoms with Gasteiger partial charge in [-0.15, -0.1) is 0 Å². The van der Waals surface area contributed by atoms with Crippen LogP contribution in [0, 0.1) is 17.5 Å². The van der Waals surface area contributed by atoms with E-state index in [1.807, 2.05) is 0 Å². The van der Waals surface area contributed by atoms with Gasteiger partial charge in [-0.1, -0.05) is 13.0 Å². The first-order chi connectivity index (χ1) is 18.6. The lowest BCUT2D eigenvalue weighted by molar-refractivity contribution is 0.157. The number of nitrogens with zero attached hydrogens (tertiary/aromatic N) is 5. The van der Waals surface area contributed by atoms with E-state index >= 15 is 4.39 Å². The van der Waals surface area contributed by atoms with Gasteiger partial charge in [0.2, 0.25) is 5.95 Å². The van der Waals surface area contributed by atoms with Crippen LogP contribution in [-0.4, -0.2) is 40.9 Å². The average Bonchev–Trinajstić information content (AvgIpc) is 3.34. The minimum absolute atomic E-state index is 0.0293. The van der Waals surface area contributed by atoms with Crippen molar-refractivity contribution in [2.75, 3.05) is 16.6 Å². The van der Waals surface area contributed by atoms with Gasteiger partial charge < -0.3 is 10.5 Å². The lowest BCUT2D eigenvalue weighted by Gasteiger charge is -2.23. The first-order valence-corrected chi connectivity index (χ1v) is 13.1. The van der Waals surface area contributed by atoms with Crippen molar-refractivity contribution < 1.29 is 31.1 Å². The third kappa shape index (κ3) is 5.41. The van der Waals surface area contributed by atoms with Crippen molar-refractivity contribution >= 4 is 27.8 Å². The topological polar surface area (TPSA) is 133 Å². The van der Waals surface area contributed by atoms with Gasteiger partial charge in [0.15, 0.2) is 5.82 Å². The first kappa shape index (κ1) is 27.6. The standard InChI is InChI=1S/C25H23F3N6O4S/c1-3-12-38-25(35)34(39(36,37)21-13-15(26)8-9-18(21)27)20-7-5-6-16(22(20)28)23-17(14-33(4-2)32-23)19-10-11-30-24(29)31-19/h5-11,13-14H,3-4,12H2,1-2H3,(H2,29,30,31). The number of benzene rings is 2. The smallest absolute Gasteiger partial charge is 0.428 e. The van der Waals surface area contributed by atoms with Crippen LogP contribution in [0.2, 0.25) is 0 Å². The Labute approximate surface area is 221 Å². The van der Waals surface area contributed by atoms with E-state index < -0.39 is 44.2 Å². The number of anilines is 2. The van der Waals surface area contributed by atoms with E-state index in [-0.39, 0.29) is 28.1 Å². The fourth-order valence-electron chi connectivity index (χ4n) is 3.70. The molecule has 14 heteroatoms. The van der Waals surface area contributed by atoms with Gasteiger partial charge in [0.1, 0.15) is 27.9 Å². The number of nitrogen functional groups attached to an aromatic ring is 1. The van der Waals surface area contributed by atoms with Crippen molar-refractivity contribution in [3.05, 3.63) is 72.3 Å². The number of sulfonamides is 1. The van der Waals surface area contributed by atoms with Gasteiger partial charge >= 0.3 is 6.09 Å². The molecule has 0 aliphatic heterocycles. The van der Waals surface area contributed by atoms with Crippen LogP contribution in [0.4, 0.5) is 29.6 Å². The predicted octanol–water partition coefficient (Wildman–Crippen LogP) is 4.77. The van der Waals surface area contributed by atoms with Crippen molar-refractivity contribution in [3.63, 3.8) is 0 Å². The number of carbonyl (C=O) groups is 1. The second-order valence-corrected chi connectivity index (χ2v) is 9.90. The summed E-state index contributed by atoms with van der Waals surface area (Å²) in [5, 5.41) is 4.39. The molecule has 204 valence electrons. The normalized spacial score (nSPS) is 11.4. The largest absolute Gasteiger partial charge is 0.448 e. The van der Waals surface area contributed by atoms with Crippen molar-refractivity contribution in [2.24, 2.45) is 0 Å². The zero-order valence-corrected chi connectivity index (χ0v) is 21.6. The number of ether oxygens (including phenoxy) is 1. The maximum atomic E-state index is 16.2. The Morgan fingerprint density at radius 3 is 2.56 bits per heavy atom. The Morgan fingerprint density at radius 2 is 1.87 bits per heavy atom. The van der Waals surface area contributed by atoms with E-state index in [0.29, 0.717) is 42.4 Å². The van der Waals surface area contributed by atoms with Gasteiger partial charge in [-0.25, -0.2) is 36.4 Å². The van der Waals surface area contributed by atoms with Crippen molar-refractivity contribution in [1.29, 1.82) is 0 Å². The van der Waals surface area contributed by atoms with Gasteiger partial charge in [0, 0.05) is 30.1 Å². The monoisotopic (exact) mass is 560 g/mol. The maximum Gasteiger partial charge on any atom is 0.428 e. The summed E-state index contributed by atoms with van der Waals surface area (Å²) in [6, 6.07) is 6.83. The molecule has 4 rings (SSSR count). The quantitative estimate of drug-likeness (QED) is 0.326. The number of hydrogen-bond donors (Lipinski definition) is 1. The van der Waals surface area contributed by atoms with Crippen LogP contribution in [0.3, 0.4) is 0 Å². The third-order valence-electron chi connectivity index (χ3n) is 5.50. The highest BCUT2D eigenvalue weighted by Gasteiger charge is 2.37. The number of nitrogens with two attached hydrogens (primary N) is 1. The van der Waals surface area contributed by atoms with Crippen LogP contribution < -0.4 is 10.0 Å². The molecule has 2 aromatic heterocycles. The molecule has 1 amide bonds. The summed E-state index contributed by atoms with van der Waals surface area (Å²) in [6.45, 7) is 3.65. The maximum absolute atomic E-state index is 16.2. The van der Waals surface area contributed by atoms with E-state index in [2.05, 4.69) is 15.1 Å². The molecule has 0 aliphatic carbocycles. The number of amides is 1. The molecular weight excluding hydrogens is 537 g/mol. The minimum atomic E-state index is -5.18. The van der Waals surface area contributed by atoms with Crippen LogP contribution in [0.5, 0.6) is 0 Å². The highest BCUT2D eigenvalue weighted by Crippen LogP contribution is 2.37. The molecule has 2 N–H and O–H groups in total. The number of hydrogen-bond acceptors (Lipinski definition) is 8. The second-order valence-electron chi connectivity index (χ2n) is 8.14. The summed E-state index contributed by atoms with van der Waals surface area (Å²) in [7, 11) is -5.18. The molecule has 0 radical (unpaired) electrons. The molecule has 0 saturated carbocycles. The van der Waals surface area contributed by atoms with Crippen LogP contribution in [-0.2, 0) is 21.3 Å². The lowest BCUT2D eigenvalue weighted by atomic mass is 10.0. The fourth-order valence-corrected chi connectivity index (χ4v) is 5.12. The van der Waals surface area contributed by atoms with Gasteiger partial charge in [0.25, 0.3) is 10.0 Å². The van der Waals surface area contributed by atoms with Crippen molar-refractivity contribution in [3.8, 4) is 22.5 Å². The molecule has 0 spiro atoms. The Hall–Kier alpha value is -4.46. The summed E-state index contributed by atoms with van der Waals surface area (Å²) in [6.07, 6.45) is 1.81. The minimum Gasteiger partial charge on any atom is -0.448 e. The molecular formula is C25H23F3N6O4S. The molecule has 0 aliphatic rings. The Balaban J connectivity index is 1.94. The number of carbonyl (C=O) groups excluding carboxylic acids is 1. The zero-order valence-electron chi connectivity index (χ0n) is 20.8. The van der Waals surface area contributed by atoms with E-state index in [4.69, 9.17) is 10.5 Å². The van der Waals surface area contributed by atoms with Gasteiger partial charge in [0.05, 0.1) is 12.3 Å². The van der Waals surface area contributed by atoms with E-state index in [1.165, 1.54) is 29.1 Å². The molecule has 2 heterocycles. The van der Waals surface area contributed by atoms with E-state index in [9.17, 15) is 22.0 Å². The zero-order chi connectivity index (χ0) is 28.3. The van der Waals surface area contributed by atoms with Crippen LogP contribution >= 0.6 is 0 Å². The molecule has 0 fully saturated rings. The molecule has 0 unspecified atom stereocenters. The highest BCUT2D eigenvalue weighted by atomic mass is 32.2. The van der Waals surface area contributed by atoms with Crippen LogP contribution in [0.15, 0.2) is 59.8 Å². The van der Waals surface area contributed by atoms with E-state index in [1.54, 1.807) is 20.0 Å². The first-order valence-electron chi connectivity index (χ1n) is 11.7. The third-order valence-corrected chi connectivity index (χ3v) is 7.19. The van der Waals surface area contributed by atoms with Gasteiger partial charge in [-0.05, 0) is 49.7 Å². The Bertz CT molecular complexity index is 1640. The van der Waals surface area contributed by atoms with Crippen LogP contribution in [0.1, 0.15) is 20.3 Å².